The number of aromatic nitrogens is 1. The minimum atomic E-state index is -4.35. The molecule has 7 heteroatoms. The van der Waals surface area contributed by atoms with Crippen molar-refractivity contribution in [2.24, 2.45) is 5.92 Å². The third-order valence-electron chi connectivity index (χ3n) is 5.12. The zero-order chi connectivity index (χ0) is 20.0. The van der Waals surface area contributed by atoms with Gasteiger partial charge in [0.05, 0.1) is 17.7 Å². The van der Waals surface area contributed by atoms with Gasteiger partial charge in [-0.2, -0.15) is 13.2 Å². The number of ether oxygens (including phenoxy) is 1. The molecule has 1 aliphatic rings. The molecule has 1 saturated heterocycles. The van der Waals surface area contributed by atoms with Crippen molar-refractivity contribution in [3.63, 3.8) is 0 Å². The fourth-order valence-corrected chi connectivity index (χ4v) is 3.71. The maximum Gasteiger partial charge on any atom is 0.416 e. The summed E-state index contributed by atoms with van der Waals surface area (Å²) >= 11 is 0. The van der Waals surface area contributed by atoms with Crippen LogP contribution >= 0.6 is 0 Å². The van der Waals surface area contributed by atoms with E-state index in [0.717, 1.165) is 76.5 Å². The van der Waals surface area contributed by atoms with Gasteiger partial charge in [-0.3, -0.25) is 4.98 Å². The number of fused-ring (bicyclic) bond motifs is 1. The lowest BCUT2D eigenvalue weighted by Gasteiger charge is -2.24. The minimum absolute atomic E-state index is 0.355. The zero-order valence-corrected chi connectivity index (χ0v) is 16.3. The van der Waals surface area contributed by atoms with Gasteiger partial charge in [-0.1, -0.05) is 13.0 Å². The van der Waals surface area contributed by atoms with E-state index in [1.165, 1.54) is 6.07 Å². The third-order valence-corrected chi connectivity index (χ3v) is 5.12. The predicted octanol–water partition coefficient (Wildman–Crippen LogP) is 4.80. The predicted molar refractivity (Wildman–Crippen MR) is 106 cm³/mol. The lowest BCUT2D eigenvalue weighted by molar-refractivity contribution is -0.137. The van der Waals surface area contributed by atoms with Crippen LogP contribution < -0.4 is 5.32 Å². The van der Waals surface area contributed by atoms with Gasteiger partial charge in [-0.25, -0.2) is 0 Å². The number of nitrogens with one attached hydrogen (secondary N) is 1. The van der Waals surface area contributed by atoms with E-state index in [1.54, 1.807) is 6.20 Å². The van der Waals surface area contributed by atoms with E-state index in [0.29, 0.717) is 16.8 Å². The van der Waals surface area contributed by atoms with E-state index in [1.807, 2.05) is 6.07 Å². The first-order chi connectivity index (χ1) is 13.5. The molecule has 0 aliphatic carbocycles. The van der Waals surface area contributed by atoms with Crippen LogP contribution in [0.25, 0.3) is 10.9 Å². The normalized spacial score (nSPS) is 17.5. The van der Waals surface area contributed by atoms with Gasteiger partial charge < -0.3 is 15.0 Å². The van der Waals surface area contributed by atoms with E-state index >= 15 is 0 Å². The number of anilines is 1. The van der Waals surface area contributed by atoms with Crippen LogP contribution in [0.15, 0.2) is 30.5 Å². The summed E-state index contributed by atoms with van der Waals surface area (Å²) < 4.78 is 44.2. The van der Waals surface area contributed by atoms with Gasteiger partial charge in [0.2, 0.25) is 0 Å². The van der Waals surface area contributed by atoms with Crippen molar-refractivity contribution in [2.45, 2.75) is 32.4 Å². The summed E-state index contributed by atoms with van der Waals surface area (Å²) in [5, 5.41) is 4.08. The van der Waals surface area contributed by atoms with Crippen LogP contribution in [0.1, 0.15) is 31.7 Å². The highest BCUT2D eigenvalue weighted by molar-refractivity contribution is 5.91. The smallest absolute Gasteiger partial charge is 0.384 e. The Morgan fingerprint density at radius 3 is 2.82 bits per heavy atom. The summed E-state index contributed by atoms with van der Waals surface area (Å²) in [6.45, 7) is 7.84. The molecule has 1 aromatic carbocycles. The average molecular weight is 395 g/mol. The number of pyridine rings is 1. The van der Waals surface area contributed by atoms with Crippen molar-refractivity contribution in [3.8, 4) is 0 Å². The van der Waals surface area contributed by atoms with Gasteiger partial charge in [0.25, 0.3) is 0 Å². The SMILES string of the molecule is CCCN(CCCNc1ccnc2cc(C(F)(F)F)ccc12)CC1CCOC1. The van der Waals surface area contributed by atoms with E-state index in [4.69, 9.17) is 4.74 Å². The average Bonchev–Trinajstić information content (AvgIpc) is 3.17. The van der Waals surface area contributed by atoms with Crippen LogP contribution in [-0.2, 0) is 10.9 Å². The number of hydrogen-bond donors (Lipinski definition) is 1. The first-order valence-electron chi connectivity index (χ1n) is 9.97. The summed E-state index contributed by atoms with van der Waals surface area (Å²) in [5.74, 6) is 0.631. The van der Waals surface area contributed by atoms with Crippen LogP contribution in [0.3, 0.4) is 0 Å². The molecule has 28 heavy (non-hydrogen) atoms. The van der Waals surface area contributed by atoms with Crippen LogP contribution in [0.2, 0.25) is 0 Å². The van der Waals surface area contributed by atoms with Crippen LogP contribution in [0.5, 0.6) is 0 Å². The summed E-state index contributed by atoms with van der Waals surface area (Å²) in [5.41, 5.74) is 0.509. The van der Waals surface area contributed by atoms with Crippen molar-refractivity contribution in [1.29, 1.82) is 0 Å². The first kappa shape index (κ1) is 20.9. The van der Waals surface area contributed by atoms with Gasteiger partial charge in [0.1, 0.15) is 0 Å². The van der Waals surface area contributed by atoms with Crippen LogP contribution in [-0.4, -0.2) is 49.3 Å². The fraction of sp³-hybridized carbons (Fsp3) is 0.571. The minimum Gasteiger partial charge on any atom is -0.384 e. The molecule has 2 heterocycles. The summed E-state index contributed by atoms with van der Waals surface area (Å²) in [4.78, 5) is 6.58. The molecule has 1 fully saturated rings. The maximum absolute atomic E-state index is 12.9. The molecule has 0 radical (unpaired) electrons. The summed E-state index contributed by atoms with van der Waals surface area (Å²) in [6, 6.07) is 5.53. The molecular formula is C21H28F3N3O. The lowest BCUT2D eigenvalue weighted by Crippen LogP contribution is -2.32. The van der Waals surface area contributed by atoms with Crippen molar-refractivity contribution >= 4 is 16.6 Å². The van der Waals surface area contributed by atoms with Crippen LogP contribution in [0, 0.1) is 5.92 Å². The van der Waals surface area contributed by atoms with Crippen molar-refractivity contribution in [1.82, 2.24) is 9.88 Å². The molecule has 3 rings (SSSR count). The quantitative estimate of drug-likeness (QED) is 0.619. The number of hydrogen-bond acceptors (Lipinski definition) is 4. The highest BCUT2D eigenvalue weighted by atomic mass is 19.4. The summed E-state index contributed by atoms with van der Waals surface area (Å²) in [7, 11) is 0. The highest BCUT2D eigenvalue weighted by Crippen LogP contribution is 2.32. The number of rotatable bonds is 9. The lowest BCUT2D eigenvalue weighted by atomic mass is 10.1. The standard InChI is InChI=1S/C21H28F3N3O/c1-2-10-27(14-16-7-12-28-15-16)11-3-8-25-19-6-9-26-20-13-17(21(22,23)24)4-5-18(19)20/h4-6,9,13,16H,2-3,7-8,10-12,14-15H2,1H3,(H,25,26). The van der Waals surface area contributed by atoms with Gasteiger partial charge in [-0.05, 0) is 56.5 Å². The van der Waals surface area contributed by atoms with Crippen molar-refractivity contribution in [2.75, 3.05) is 44.7 Å². The largest absolute Gasteiger partial charge is 0.416 e. The number of benzene rings is 1. The Balaban J connectivity index is 1.55. The number of alkyl halides is 3. The van der Waals surface area contributed by atoms with Crippen LogP contribution in [0.4, 0.5) is 18.9 Å². The molecular weight excluding hydrogens is 367 g/mol. The second-order valence-corrected chi connectivity index (χ2v) is 7.40. The molecule has 0 amide bonds. The van der Waals surface area contributed by atoms with Crippen molar-refractivity contribution in [3.05, 3.63) is 36.0 Å². The monoisotopic (exact) mass is 395 g/mol. The molecule has 1 N–H and O–H groups in total. The molecule has 0 bridgehead atoms. The van der Waals surface area contributed by atoms with Gasteiger partial charge in [0, 0.05) is 37.0 Å². The Morgan fingerprint density at radius 2 is 2.11 bits per heavy atom. The maximum atomic E-state index is 12.9. The Labute approximate surface area is 164 Å². The molecule has 4 nitrogen and oxygen atoms in total. The molecule has 0 spiro atoms. The van der Waals surface area contributed by atoms with Gasteiger partial charge in [-0.15, -0.1) is 0 Å². The van der Waals surface area contributed by atoms with Crippen molar-refractivity contribution < 1.29 is 17.9 Å². The molecule has 154 valence electrons. The Hall–Kier alpha value is -1.86. The molecule has 0 saturated carbocycles. The summed E-state index contributed by atoms with van der Waals surface area (Å²) in [6.07, 6.45) is 0.428. The topological polar surface area (TPSA) is 37.4 Å². The van der Waals surface area contributed by atoms with Gasteiger partial charge >= 0.3 is 6.18 Å². The van der Waals surface area contributed by atoms with E-state index in [-0.39, 0.29) is 0 Å². The second-order valence-electron chi connectivity index (χ2n) is 7.40. The van der Waals surface area contributed by atoms with E-state index in [2.05, 4.69) is 22.1 Å². The number of nitrogens with zero attached hydrogens (tertiary/aromatic N) is 2. The Bertz CT molecular complexity index is 760. The molecule has 1 aliphatic heterocycles. The third kappa shape index (κ3) is 5.58. The first-order valence-corrected chi connectivity index (χ1v) is 9.97. The Morgan fingerprint density at radius 1 is 1.25 bits per heavy atom. The second kappa shape index (κ2) is 9.56. The molecule has 1 aromatic heterocycles. The highest BCUT2D eigenvalue weighted by Gasteiger charge is 2.30. The number of halogens is 3. The molecule has 1 atom stereocenters. The fourth-order valence-electron chi connectivity index (χ4n) is 3.71. The molecule has 1 unspecified atom stereocenters. The van der Waals surface area contributed by atoms with Gasteiger partial charge in [0.15, 0.2) is 0 Å². The Kier molecular flexibility index (Phi) is 7.13. The molecule has 2 aromatic rings. The van der Waals surface area contributed by atoms with E-state index in [9.17, 15) is 13.2 Å². The van der Waals surface area contributed by atoms with E-state index < -0.39 is 11.7 Å². The zero-order valence-electron chi connectivity index (χ0n) is 16.3.